The van der Waals surface area contributed by atoms with E-state index in [0.29, 0.717) is 5.82 Å². The molecule has 0 aliphatic carbocycles. The van der Waals surface area contributed by atoms with E-state index < -0.39 is 0 Å². The Bertz CT molecular complexity index is 770. The first-order chi connectivity index (χ1) is 9.61. The van der Waals surface area contributed by atoms with E-state index in [1.807, 2.05) is 11.3 Å². The highest BCUT2D eigenvalue weighted by Gasteiger charge is 2.15. The van der Waals surface area contributed by atoms with Crippen molar-refractivity contribution < 1.29 is 0 Å². The highest BCUT2D eigenvalue weighted by atomic mass is 32.1. The molecular weight excluding hydrogens is 268 g/mol. The van der Waals surface area contributed by atoms with Crippen LogP contribution < -0.4 is 5.73 Å². The Morgan fingerprint density at radius 3 is 2.65 bits per heavy atom. The average molecular weight is 286 g/mol. The fraction of sp³-hybridized carbons (Fsp3) is 0.333. The molecule has 0 amide bonds. The van der Waals surface area contributed by atoms with E-state index in [0.717, 1.165) is 24.0 Å². The fourth-order valence-electron chi connectivity index (χ4n) is 2.54. The van der Waals surface area contributed by atoms with Crippen molar-refractivity contribution in [3.8, 4) is 0 Å². The minimum atomic E-state index is 0.565. The quantitative estimate of drug-likeness (QED) is 0.803. The summed E-state index contributed by atoms with van der Waals surface area (Å²) in [4.78, 5) is 11.3. The van der Waals surface area contributed by atoms with Crippen LogP contribution in [0.3, 0.4) is 0 Å². The second kappa shape index (κ2) is 4.90. The van der Waals surface area contributed by atoms with Crippen LogP contribution in [0.25, 0.3) is 11.0 Å². The smallest absolute Gasteiger partial charge is 0.146 e. The predicted molar refractivity (Wildman–Crippen MR) is 84.2 cm³/mol. The molecule has 0 atom stereocenters. The van der Waals surface area contributed by atoms with E-state index in [1.165, 1.54) is 21.0 Å². The fourth-order valence-corrected chi connectivity index (χ4v) is 3.49. The summed E-state index contributed by atoms with van der Waals surface area (Å²) in [6, 6.07) is 4.41. The second-order valence-electron chi connectivity index (χ2n) is 4.98. The van der Waals surface area contributed by atoms with Gasteiger partial charge in [0.05, 0.1) is 11.9 Å². The Labute approximate surface area is 122 Å². The molecule has 0 aromatic carbocycles. The second-order valence-corrected chi connectivity index (χ2v) is 6.23. The lowest BCUT2D eigenvalue weighted by Gasteiger charge is -2.06. The number of anilines is 1. The number of hydrogen-bond donors (Lipinski definition) is 1. The van der Waals surface area contributed by atoms with Gasteiger partial charge in [0.25, 0.3) is 0 Å². The molecule has 0 aliphatic rings. The zero-order valence-electron chi connectivity index (χ0n) is 12.0. The van der Waals surface area contributed by atoms with Crippen LogP contribution in [0.5, 0.6) is 0 Å². The molecule has 0 saturated carbocycles. The molecule has 2 N–H and O–H groups in total. The summed E-state index contributed by atoms with van der Waals surface area (Å²) >= 11 is 1.86. The summed E-state index contributed by atoms with van der Waals surface area (Å²) < 4.78 is 2.23. The van der Waals surface area contributed by atoms with Gasteiger partial charge in [-0.25, -0.2) is 9.97 Å². The van der Waals surface area contributed by atoms with Crippen LogP contribution in [-0.4, -0.2) is 14.5 Å². The molecule has 0 saturated heterocycles. The average Bonchev–Trinajstić information content (AvgIpc) is 2.99. The third kappa shape index (κ3) is 1.98. The molecule has 3 rings (SSSR count). The monoisotopic (exact) mass is 286 g/mol. The van der Waals surface area contributed by atoms with Gasteiger partial charge in [-0.05, 0) is 38.0 Å². The summed E-state index contributed by atoms with van der Waals surface area (Å²) in [6.07, 6.45) is 2.63. The maximum atomic E-state index is 6.00. The number of aromatic nitrogens is 3. The zero-order chi connectivity index (χ0) is 14.3. The standard InChI is InChI=1S/C15H18N4S/c1-4-11-5-6-12(20-11)7-19-10(3)9(2)13-14(16)17-8-18-15(13)19/h5-6,8H,4,7H2,1-3H3,(H2,16,17,18). The molecule has 0 bridgehead atoms. The summed E-state index contributed by atoms with van der Waals surface area (Å²) in [5.41, 5.74) is 9.30. The Kier molecular flexibility index (Phi) is 3.22. The van der Waals surface area contributed by atoms with E-state index in [1.54, 1.807) is 6.33 Å². The molecular formula is C15H18N4S. The van der Waals surface area contributed by atoms with Gasteiger partial charge >= 0.3 is 0 Å². The highest BCUT2D eigenvalue weighted by Crippen LogP contribution is 2.28. The topological polar surface area (TPSA) is 56.7 Å². The molecule has 0 aliphatic heterocycles. The third-order valence-corrected chi connectivity index (χ3v) is 5.03. The summed E-state index contributed by atoms with van der Waals surface area (Å²) in [5, 5.41) is 0.984. The number of rotatable bonds is 3. The number of nitrogens with two attached hydrogens (primary N) is 1. The van der Waals surface area contributed by atoms with Crippen LogP contribution >= 0.6 is 11.3 Å². The molecule has 3 heterocycles. The van der Waals surface area contributed by atoms with Gasteiger partial charge in [0, 0.05) is 15.4 Å². The van der Waals surface area contributed by atoms with Gasteiger partial charge in [0.2, 0.25) is 0 Å². The van der Waals surface area contributed by atoms with Crippen molar-refractivity contribution in [2.45, 2.75) is 33.7 Å². The molecule has 4 nitrogen and oxygen atoms in total. The Hall–Kier alpha value is -1.88. The van der Waals surface area contributed by atoms with E-state index >= 15 is 0 Å². The number of aryl methyl sites for hydroxylation is 2. The molecule has 3 aromatic rings. The summed E-state index contributed by atoms with van der Waals surface area (Å²) in [7, 11) is 0. The Morgan fingerprint density at radius 1 is 1.20 bits per heavy atom. The Morgan fingerprint density at radius 2 is 1.95 bits per heavy atom. The van der Waals surface area contributed by atoms with Gasteiger partial charge in [0.15, 0.2) is 0 Å². The number of nitrogens with zero attached hydrogens (tertiary/aromatic N) is 3. The lowest BCUT2D eigenvalue weighted by atomic mass is 10.2. The van der Waals surface area contributed by atoms with Crippen molar-refractivity contribution in [3.05, 3.63) is 39.5 Å². The summed E-state index contributed by atoms with van der Waals surface area (Å²) in [5.74, 6) is 0.565. The zero-order valence-corrected chi connectivity index (χ0v) is 12.8. The lowest BCUT2D eigenvalue weighted by molar-refractivity contribution is 0.801. The van der Waals surface area contributed by atoms with Crippen LogP contribution in [0, 0.1) is 13.8 Å². The van der Waals surface area contributed by atoms with Crippen molar-refractivity contribution in [1.82, 2.24) is 14.5 Å². The number of hydrogen-bond acceptors (Lipinski definition) is 4. The van der Waals surface area contributed by atoms with Crippen LogP contribution in [0.2, 0.25) is 0 Å². The molecule has 0 fully saturated rings. The maximum absolute atomic E-state index is 6.00. The maximum Gasteiger partial charge on any atom is 0.146 e. The molecule has 0 unspecified atom stereocenters. The van der Waals surface area contributed by atoms with Crippen LogP contribution in [0.15, 0.2) is 18.5 Å². The first-order valence-corrected chi connectivity index (χ1v) is 7.57. The molecule has 3 aromatic heterocycles. The van der Waals surface area contributed by atoms with Crippen molar-refractivity contribution in [3.63, 3.8) is 0 Å². The minimum absolute atomic E-state index is 0.565. The predicted octanol–water partition coefficient (Wildman–Crippen LogP) is 3.30. The van der Waals surface area contributed by atoms with Gasteiger partial charge in [-0.1, -0.05) is 6.92 Å². The van der Waals surface area contributed by atoms with Gasteiger partial charge < -0.3 is 10.3 Å². The highest BCUT2D eigenvalue weighted by molar-refractivity contribution is 7.11. The lowest BCUT2D eigenvalue weighted by Crippen LogP contribution is -2.02. The third-order valence-electron chi connectivity index (χ3n) is 3.81. The first-order valence-electron chi connectivity index (χ1n) is 6.75. The molecule has 104 valence electrons. The van der Waals surface area contributed by atoms with Crippen molar-refractivity contribution in [2.75, 3.05) is 5.73 Å². The van der Waals surface area contributed by atoms with Crippen molar-refractivity contribution in [1.29, 1.82) is 0 Å². The largest absolute Gasteiger partial charge is 0.383 e. The molecule has 0 spiro atoms. The molecule has 5 heteroatoms. The first kappa shape index (κ1) is 13.1. The van der Waals surface area contributed by atoms with E-state index in [4.69, 9.17) is 5.73 Å². The van der Waals surface area contributed by atoms with Gasteiger partial charge in [0.1, 0.15) is 17.8 Å². The van der Waals surface area contributed by atoms with Crippen LogP contribution in [0.4, 0.5) is 5.82 Å². The molecule has 0 radical (unpaired) electrons. The number of fused-ring (bicyclic) bond motifs is 1. The van der Waals surface area contributed by atoms with E-state index in [2.05, 4.69) is 47.4 Å². The Balaban J connectivity index is 2.11. The van der Waals surface area contributed by atoms with Gasteiger partial charge in [-0.3, -0.25) is 0 Å². The SMILES string of the molecule is CCc1ccc(Cn2c(C)c(C)c3c(N)ncnc32)s1. The van der Waals surface area contributed by atoms with Crippen molar-refractivity contribution in [2.24, 2.45) is 0 Å². The summed E-state index contributed by atoms with van der Waals surface area (Å²) in [6.45, 7) is 7.23. The van der Waals surface area contributed by atoms with E-state index in [9.17, 15) is 0 Å². The van der Waals surface area contributed by atoms with Crippen LogP contribution in [-0.2, 0) is 13.0 Å². The van der Waals surface area contributed by atoms with Crippen LogP contribution in [0.1, 0.15) is 27.9 Å². The minimum Gasteiger partial charge on any atom is -0.383 e. The van der Waals surface area contributed by atoms with Crippen molar-refractivity contribution >= 4 is 28.2 Å². The normalized spacial score (nSPS) is 11.3. The van der Waals surface area contributed by atoms with E-state index in [-0.39, 0.29) is 0 Å². The molecule has 20 heavy (non-hydrogen) atoms. The van der Waals surface area contributed by atoms with Gasteiger partial charge in [-0.2, -0.15) is 0 Å². The number of nitrogen functional groups attached to an aromatic ring is 1. The number of thiophene rings is 1. The van der Waals surface area contributed by atoms with Gasteiger partial charge in [-0.15, -0.1) is 11.3 Å².